The number of amides is 1. The Morgan fingerprint density at radius 1 is 1.14 bits per heavy atom. The van der Waals surface area contributed by atoms with Crippen LogP contribution in [-0.2, 0) is 0 Å². The van der Waals surface area contributed by atoms with E-state index in [9.17, 15) is 4.79 Å². The molecule has 0 aromatic heterocycles. The number of nitrogen functional groups attached to an aromatic ring is 1. The second-order valence-electron chi connectivity index (χ2n) is 6.47. The van der Waals surface area contributed by atoms with Gasteiger partial charge in [-0.2, -0.15) is 0 Å². The highest BCUT2D eigenvalue weighted by molar-refractivity contribution is 5.96. The molecule has 0 fully saturated rings. The predicted molar refractivity (Wildman–Crippen MR) is 89.6 cm³/mol. The third-order valence-electron chi connectivity index (χ3n) is 3.53. The van der Waals surface area contributed by atoms with E-state index in [2.05, 4.69) is 18.7 Å². The molecule has 1 aromatic carbocycles. The maximum atomic E-state index is 12.8. The molecule has 0 unspecified atom stereocenters. The summed E-state index contributed by atoms with van der Waals surface area (Å²) in [4.78, 5) is 16.9. The minimum Gasteiger partial charge on any atom is -0.398 e. The zero-order valence-electron chi connectivity index (χ0n) is 14.2. The van der Waals surface area contributed by atoms with Crippen LogP contribution < -0.4 is 5.73 Å². The van der Waals surface area contributed by atoms with E-state index in [4.69, 9.17) is 5.73 Å². The summed E-state index contributed by atoms with van der Waals surface area (Å²) in [5.74, 6) is 0.522. The summed E-state index contributed by atoms with van der Waals surface area (Å²) in [6.07, 6.45) is 0. The van der Waals surface area contributed by atoms with Gasteiger partial charge in [-0.05, 0) is 51.1 Å². The zero-order chi connectivity index (χ0) is 16.2. The maximum Gasteiger partial charge on any atom is 0.254 e. The Hall–Kier alpha value is -1.55. The normalized spacial score (nSPS) is 11.2. The summed E-state index contributed by atoms with van der Waals surface area (Å²) >= 11 is 0. The van der Waals surface area contributed by atoms with Crippen molar-refractivity contribution in [3.05, 3.63) is 28.8 Å². The van der Waals surface area contributed by atoms with Crippen molar-refractivity contribution in [3.63, 3.8) is 0 Å². The molecule has 0 aliphatic heterocycles. The highest BCUT2D eigenvalue weighted by Gasteiger charge is 2.19. The Morgan fingerprint density at radius 2 is 1.76 bits per heavy atom. The van der Waals surface area contributed by atoms with Gasteiger partial charge in [0.2, 0.25) is 0 Å². The minimum atomic E-state index is 0.0785. The highest BCUT2D eigenvalue weighted by Crippen LogP contribution is 2.20. The van der Waals surface area contributed by atoms with Crippen LogP contribution in [-0.4, -0.2) is 49.4 Å². The number of benzene rings is 1. The van der Waals surface area contributed by atoms with E-state index in [1.54, 1.807) is 0 Å². The zero-order valence-corrected chi connectivity index (χ0v) is 14.2. The summed E-state index contributed by atoms with van der Waals surface area (Å²) in [7, 11) is 4.04. The Balaban J connectivity index is 3.01. The molecule has 0 spiro atoms. The number of anilines is 1. The van der Waals surface area contributed by atoms with Gasteiger partial charge in [0.05, 0.1) is 0 Å². The number of likely N-dealkylation sites (N-methyl/N-ethyl adjacent to an activating group) is 1. The summed E-state index contributed by atoms with van der Waals surface area (Å²) < 4.78 is 0. The summed E-state index contributed by atoms with van der Waals surface area (Å²) in [5, 5.41) is 0. The largest absolute Gasteiger partial charge is 0.398 e. The van der Waals surface area contributed by atoms with Gasteiger partial charge in [0.15, 0.2) is 0 Å². The average molecular weight is 291 g/mol. The summed E-state index contributed by atoms with van der Waals surface area (Å²) in [5.41, 5.74) is 9.39. The molecule has 0 atom stereocenters. The lowest BCUT2D eigenvalue weighted by molar-refractivity contribution is 0.0724. The van der Waals surface area contributed by atoms with Crippen molar-refractivity contribution in [3.8, 4) is 0 Å². The van der Waals surface area contributed by atoms with Gasteiger partial charge in [-0.1, -0.05) is 19.9 Å². The van der Waals surface area contributed by atoms with Crippen LogP contribution in [0.4, 0.5) is 5.69 Å². The average Bonchev–Trinajstić information content (AvgIpc) is 2.37. The standard InChI is InChI=1S/C17H29N3O/c1-12(2)11-20(8-7-19(5)6)17(21)15-10-16(18)14(4)9-13(15)3/h9-10,12H,7-8,11,18H2,1-6H3. The van der Waals surface area contributed by atoms with Gasteiger partial charge in [-0.3, -0.25) is 4.79 Å². The lowest BCUT2D eigenvalue weighted by Gasteiger charge is -2.27. The fraction of sp³-hybridized carbons (Fsp3) is 0.588. The number of hydrogen-bond donors (Lipinski definition) is 1. The molecule has 1 rings (SSSR count). The molecule has 4 nitrogen and oxygen atoms in total. The van der Waals surface area contributed by atoms with E-state index < -0.39 is 0 Å². The Labute approximate surface area is 128 Å². The van der Waals surface area contributed by atoms with Crippen molar-refractivity contribution >= 4 is 11.6 Å². The molecule has 0 aliphatic rings. The molecule has 0 saturated carbocycles. The van der Waals surface area contributed by atoms with Crippen LogP contribution in [0.15, 0.2) is 12.1 Å². The van der Waals surface area contributed by atoms with Gasteiger partial charge in [0, 0.05) is 30.9 Å². The Bertz CT molecular complexity index is 495. The van der Waals surface area contributed by atoms with E-state index in [-0.39, 0.29) is 5.91 Å². The topological polar surface area (TPSA) is 49.6 Å². The van der Waals surface area contributed by atoms with Crippen molar-refractivity contribution in [1.29, 1.82) is 0 Å². The van der Waals surface area contributed by atoms with Crippen LogP contribution in [0.25, 0.3) is 0 Å². The molecule has 0 saturated heterocycles. The molecule has 0 radical (unpaired) electrons. The van der Waals surface area contributed by atoms with Crippen molar-refractivity contribution in [2.24, 2.45) is 5.92 Å². The van der Waals surface area contributed by atoms with E-state index in [0.717, 1.165) is 36.3 Å². The van der Waals surface area contributed by atoms with Crippen molar-refractivity contribution in [2.45, 2.75) is 27.7 Å². The number of aryl methyl sites for hydroxylation is 2. The van der Waals surface area contributed by atoms with E-state index >= 15 is 0 Å². The summed E-state index contributed by atoms with van der Waals surface area (Å²) in [6.45, 7) is 10.6. The first kappa shape index (κ1) is 17.5. The molecule has 0 heterocycles. The van der Waals surface area contributed by atoms with Crippen LogP contribution in [0.5, 0.6) is 0 Å². The molecular formula is C17H29N3O. The monoisotopic (exact) mass is 291 g/mol. The quantitative estimate of drug-likeness (QED) is 0.819. The lowest BCUT2D eigenvalue weighted by Crippen LogP contribution is -2.39. The molecule has 2 N–H and O–H groups in total. The predicted octanol–water partition coefficient (Wildman–Crippen LogP) is 2.55. The fourth-order valence-electron chi connectivity index (χ4n) is 2.31. The second kappa shape index (κ2) is 7.46. The van der Waals surface area contributed by atoms with Crippen LogP contribution in [0.1, 0.15) is 35.3 Å². The molecule has 0 aliphatic carbocycles. The molecule has 118 valence electrons. The van der Waals surface area contributed by atoms with Crippen LogP contribution >= 0.6 is 0 Å². The smallest absolute Gasteiger partial charge is 0.254 e. The second-order valence-corrected chi connectivity index (χ2v) is 6.47. The maximum absolute atomic E-state index is 12.8. The van der Waals surface area contributed by atoms with Gasteiger partial charge in [-0.25, -0.2) is 0 Å². The van der Waals surface area contributed by atoms with Crippen molar-refractivity contribution in [2.75, 3.05) is 39.5 Å². The number of nitrogens with two attached hydrogens (primary N) is 1. The fourth-order valence-corrected chi connectivity index (χ4v) is 2.31. The first-order chi connectivity index (χ1) is 9.72. The van der Waals surface area contributed by atoms with Crippen LogP contribution in [0.3, 0.4) is 0 Å². The number of nitrogens with zero attached hydrogens (tertiary/aromatic N) is 2. The van der Waals surface area contributed by atoms with Crippen molar-refractivity contribution < 1.29 is 4.79 Å². The number of rotatable bonds is 6. The highest BCUT2D eigenvalue weighted by atomic mass is 16.2. The van der Waals surface area contributed by atoms with Gasteiger partial charge >= 0.3 is 0 Å². The third-order valence-corrected chi connectivity index (χ3v) is 3.53. The summed E-state index contributed by atoms with van der Waals surface area (Å²) in [6, 6.07) is 3.80. The SMILES string of the molecule is Cc1cc(C)c(C(=O)N(CCN(C)C)CC(C)C)cc1N. The molecule has 4 heteroatoms. The number of carbonyl (C=O) groups is 1. The lowest BCUT2D eigenvalue weighted by atomic mass is 10.0. The van der Waals surface area contributed by atoms with E-state index in [1.165, 1.54) is 0 Å². The Kier molecular flexibility index (Phi) is 6.21. The molecular weight excluding hydrogens is 262 g/mol. The number of carbonyl (C=O) groups excluding carboxylic acids is 1. The van der Waals surface area contributed by atoms with Crippen LogP contribution in [0, 0.1) is 19.8 Å². The molecule has 1 amide bonds. The van der Waals surface area contributed by atoms with Crippen molar-refractivity contribution in [1.82, 2.24) is 9.80 Å². The molecule has 1 aromatic rings. The van der Waals surface area contributed by atoms with E-state index in [1.807, 2.05) is 45.0 Å². The number of hydrogen-bond acceptors (Lipinski definition) is 3. The van der Waals surface area contributed by atoms with E-state index in [0.29, 0.717) is 11.6 Å². The minimum absolute atomic E-state index is 0.0785. The molecule has 0 bridgehead atoms. The van der Waals surface area contributed by atoms with Gasteiger partial charge < -0.3 is 15.5 Å². The van der Waals surface area contributed by atoms with Crippen LogP contribution in [0.2, 0.25) is 0 Å². The first-order valence-corrected chi connectivity index (χ1v) is 7.53. The first-order valence-electron chi connectivity index (χ1n) is 7.53. The molecule has 21 heavy (non-hydrogen) atoms. The van der Waals surface area contributed by atoms with Gasteiger partial charge in [0.25, 0.3) is 5.91 Å². The Morgan fingerprint density at radius 3 is 2.29 bits per heavy atom. The third kappa shape index (κ3) is 5.05. The van der Waals surface area contributed by atoms with Gasteiger partial charge in [-0.15, -0.1) is 0 Å². The van der Waals surface area contributed by atoms with Gasteiger partial charge in [0.1, 0.15) is 0 Å².